The van der Waals surface area contributed by atoms with Crippen LogP contribution in [0.25, 0.3) is 0 Å². The molecule has 1 aromatic rings. The second kappa shape index (κ2) is 5.79. The minimum atomic E-state index is 0.146. The summed E-state index contributed by atoms with van der Waals surface area (Å²) in [5.74, 6) is 1.13. The fraction of sp³-hybridized carbons (Fsp3) is 0.750. The number of likely N-dealkylation sites (tertiary alicyclic amines) is 1. The predicted molar refractivity (Wildman–Crippen MR) is 82.4 cm³/mol. The highest BCUT2D eigenvalue weighted by molar-refractivity contribution is 5.93. The Morgan fingerprint density at radius 1 is 1.48 bits per heavy atom. The van der Waals surface area contributed by atoms with E-state index in [0.717, 1.165) is 37.6 Å². The molecule has 5 nitrogen and oxygen atoms in total. The average molecular weight is 290 g/mol. The largest absolute Gasteiger partial charge is 0.335 e. The number of rotatable bonds is 3. The summed E-state index contributed by atoms with van der Waals surface area (Å²) in [7, 11) is 0. The van der Waals surface area contributed by atoms with Crippen molar-refractivity contribution in [3.8, 4) is 0 Å². The molecule has 5 heteroatoms. The summed E-state index contributed by atoms with van der Waals surface area (Å²) in [6.45, 7) is 9.84. The van der Waals surface area contributed by atoms with E-state index in [1.807, 2.05) is 22.6 Å². The molecule has 21 heavy (non-hydrogen) atoms. The molecule has 2 saturated heterocycles. The number of carbonyl (C=O) groups is 1. The van der Waals surface area contributed by atoms with Gasteiger partial charge in [0.05, 0.1) is 5.69 Å². The molecule has 2 atom stereocenters. The number of nitrogens with zero attached hydrogens (tertiary/aromatic N) is 3. The summed E-state index contributed by atoms with van der Waals surface area (Å²) in [5, 5.41) is 8.12. The van der Waals surface area contributed by atoms with E-state index in [-0.39, 0.29) is 5.91 Å². The van der Waals surface area contributed by atoms with Gasteiger partial charge in [-0.05, 0) is 44.2 Å². The third-order valence-corrected chi connectivity index (χ3v) is 4.80. The van der Waals surface area contributed by atoms with Gasteiger partial charge in [0, 0.05) is 25.7 Å². The first kappa shape index (κ1) is 14.6. The lowest BCUT2D eigenvalue weighted by Gasteiger charge is -2.24. The fourth-order valence-corrected chi connectivity index (χ4v) is 3.51. The predicted octanol–water partition coefficient (Wildman–Crippen LogP) is 1.85. The van der Waals surface area contributed by atoms with E-state index >= 15 is 0 Å². The average Bonchev–Trinajstić information content (AvgIpc) is 3.10. The number of aromatic nitrogens is 2. The Morgan fingerprint density at radius 3 is 2.95 bits per heavy atom. The zero-order valence-corrected chi connectivity index (χ0v) is 13.3. The lowest BCUT2D eigenvalue weighted by atomic mass is 9.94. The number of amides is 1. The van der Waals surface area contributed by atoms with Gasteiger partial charge in [-0.3, -0.25) is 9.48 Å². The van der Waals surface area contributed by atoms with E-state index in [0.29, 0.717) is 17.9 Å². The Kier molecular flexibility index (Phi) is 4.02. The first-order valence-electron chi connectivity index (χ1n) is 8.20. The van der Waals surface area contributed by atoms with Crippen LogP contribution in [0.5, 0.6) is 0 Å². The van der Waals surface area contributed by atoms with Crippen molar-refractivity contribution in [1.82, 2.24) is 20.0 Å². The van der Waals surface area contributed by atoms with E-state index in [2.05, 4.69) is 24.3 Å². The summed E-state index contributed by atoms with van der Waals surface area (Å²) in [5.41, 5.74) is 1.76. The van der Waals surface area contributed by atoms with Crippen LogP contribution in [0.1, 0.15) is 55.7 Å². The van der Waals surface area contributed by atoms with Gasteiger partial charge in [-0.15, -0.1) is 0 Å². The molecule has 116 valence electrons. The number of piperidine rings is 1. The zero-order chi connectivity index (χ0) is 15.0. The smallest absolute Gasteiger partial charge is 0.272 e. The summed E-state index contributed by atoms with van der Waals surface area (Å²) >= 11 is 0. The van der Waals surface area contributed by atoms with E-state index < -0.39 is 0 Å². The van der Waals surface area contributed by atoms with Crippen molar-refractivity contribution in [2.75, 3.05) is 19.6 Å². The summed E-state index contributed by atoms with van der Waals surface area (Å²) in [6, 6.07) is 2.47. The van der Waals surface area contributed by atoms with Gasteiger partial charge in [0.2, 0.25) is 0 Å². The first-order chi connectivity index (χ1) is 10.1. The lowest BCUT2D eigenvalue weighted by molar-refractivity contribution is 0.0773. The van der Waals surface area contributed by atoms with Crippen molar-refractivity contribution in [3.05, 3.63) is 17.5 Å². The number of nitrogens with one attached hydrogen (secondary N) is 1. The molecule has 0 saturated carbocycles. The van der Waals surface area contributed by atoms with Crippen LogP contribution < -0.4 is 5.32 Å². The first-order valence-corrected chi connectivity index (χ1v) is 8.20. The highest BCUT2D eigenvalue weighted by atomic mass is 16.2. The SMILES string of the molecule is CCn1nc(C(C)C)cc1C(=O)N1CC2CCCNC2C1. The lowest BCUT2D eigenvalue weighted by Crippen LogP contribution is -2.41. The molecular formula is C16H26N4O. The van der Waals surface area contributed by atoms with Gasteiger partial charge >= 0.3 is 0 Å². The van der Waals surface area contributed by atoms with Crippen molar-refractivity contribution in [2.45, 2.75) is 52.1 Å². The number of aryl methyl sites for hydroxylation is 1. The molecule has 3 heterocycles. The Labute approximate surface area is 126 Å². The Bertz CT molecular complexity index is 508. The van der Waals surface area contributed by atoms with Gasteiger partial charge in [-0.2, -0.15) is 5.10 Å². The molecule has 1 N–H and O–H groups in total. The second-order valence-corrected chi connectivity index (χ2v) is 6.60. The van der Waals surface area contributed by atoms with Gasteiger partial charge in [0.15, 0.2) is 0 Å². The Hall–Kier alpha value is -1.36. The topological polar surface area (TPSA) is 50.2 Å². The number of carbonyl (C=O) groups excluding carboxylic acids is 1. The number of fused-ring (bicyclic) bond motifs is 1. The molecular weight excluding hydrogens is 264 g/mol. The fourth-order valence-electron chi connectivity index (χ4n) is 3.51. The van der Waals surface area contributed by atoms with Crippen LogP contribution in [0.4, 0.5) is 0 Å². The molecule has 0 bridgehead atoms. The highest BCUT2D eigenvalue weighted by Gasteiger charge is 2.37. The normalized spacial score (nSPS) is 25.4. The van der Waals surface area contributed by atoms with Crippen LogP contribution in [0.2, 0.25) is 0 Å². The van der Waals surface area contributed by atoms with Crippen molar-refractivity contribution in [1.29, 1.82) is 0 Å². The van der Waals surface area contributed by atoms with Gasteiger partial charge in [0.1, 0.15) is 5.69 Å². The van der Waals surface area contributed by atoms with Crippen LogP contribution in [0.3, 0.4) is 0 Å². The summed E-state index contributed by atoms with van der Waals surface area (Å²) < 4.78 is 1.85. The van der Waals surface area contributed by atoms with Crippen molar-refractivity contribution >= 4 is 5.91 Å². The third kappa shape index (κ3) is 2.71. The quantitative estimate of drug-likeness (QED) is 0.924. The van der Waals surface area contributed by atoms with E-state index in [1.54, 1.807) is 0 Å². The zero-order valence-electron chi connectivity index (χ0n) is 13.3. The Balaban J connectivity index is 1.79. The van der Waals surface area contributed by atoms with Crippen molar-refractivity contribution in [3.63, 3.8) is 0 Å². The summed E-state index contributed by atoms with van der Waals surface area (Å²) in [6.07, 6.45) is 2.47. The molecule has 0 aliphatic carbocycles. The van der Waals surface area contributed by atoms with Gasteiger partial charge < -0.3 is 10.2 Å². The number of hydrogen-bond acceptors (Lipinski definition) is 3. The summed E-state index contributed by atoms with van der Waals surface area (Å²) in [4.78, 5) is 14.9. The molecule has 0 spiro atoms. The molecule has 1 amide bonds. The van der Waals surface area contributed by atoms with Crippen LogP contribution >= 0.6 is 0 Å². The molecule has 2 unspecified atom stereocenters. The van der Waals surface area contributed by atoms with Gasteiger partial charge in [0.25, 0.3) is 5.91 Å². The molecule has 0 aromatic carbocycles. The minimum absolute atomic E-state index is 0.146. The van der Waals surface area contributed by atoms with Gasteiger partial charge in [-0.1, -0.05) is 13.8 Å². The van der Waals surface area contributed by atoms with Crippen LogP contribution in [-0.2, 0) is 6.54 Å². The van der Waals surface area contributed by atoms with Crippen LogP contribution in [0.15, 0.2) is 6.07 Å². The molecule has 3 rings (SSSR count). The van der Waals surface area contributed by atoms with E-state index in [4.69, 9.17) is 0 Å². The monoisotopic (exact) mass is 290 g/mol. The third-order valence-electron chi connectivity index (χ3n) is 4.80. The maximum atomic E-state index is 12.8. The van der Waals surface area contributed by atoms with Crippen molar-refractivity contribution < 1.29 is 4.79 Å². The van der Waals surface area contributed by atoms with E-state index in [9.17, 15) is 4.79 Å². The highest BCUT2D eigenvalue weighted by Crippen LogP contribution is 2.26. The molecule has 2 aliphatic rings. The van der Waals surface area contributed by atoms with Crippen LogP contribution in [-0.4, -0.2) is 46.3 Å². The van der Waals surface area contributed by atoms with Crippen LogP contribution in [0, 0.1) is 5.92 Å². The molecule has 0 radical (unpaired) electrons. The number of hydrogen-bond donors (Lipinski definition) is 1. The van der Waals surface area contributed by atoms with Crippen molar-refractivity contribution in [2.24, 2.45) is 5.92 Å². The molecule has 2 fully saturated rings. The maximum absolute atomic E-state index is 12.8. The maximum Gasteiger partial charge on any atom is 0.272 e. The van der Waals surface area contributed by atoms with Gasteiger partial charge in [-0.25, -0.2) is 0 Å². The second-order valence-electron chi connectivity index (χ2n) is 6.60. The minimum Gasteiger partial charge on any atom is -0.335 e. The molecule has 2 aliphatic heterocycles. The standard InChI is InChI=1S/C16H26N4O/c1-4-20-15(8-13(18-20)11(2)3)16(21)19-9-12-6-5-7-17-14(12)10-19/h8,11-12,14,17H,4-7,9-10H2,1-3H3. The molecule has 1 aromatic heterocycles. The Morgan fingerprint density at radius 2 is 2.29 bits per heavy atom. The van der Waals surface area contributed by atoms with E-state index in [1.165, 1.54) is 12.8 Å².